The van der Waals surface area contributed by atoms with E-state index in [1.54, 1.807) is 0 Å². The largest absolute Gasteiger partial charge is 0.481 e. The molecule has 0 unspecified atom stereocenters. The Balaban J connectivity index is 2.43. The molecule has 1 saturated carbocycles. The summed E-state index contributed by atoms with van der Waals surface area (Å²) in [4.78, 5) is 10.4. The van der Waals surface area contributed by atoms with Crippen LogP contribution >= 0.6 is 0 Å². The van der Waals surface area contributed by atoms with Crippen molar-refractivity contribution in [3.8, 4) is 0 Å². The highest BCUT2D eigenvalue weighted by Crippen LogP contribution is 2.48. The lowest BCUT2D eigenvalue weighted by Crippen LogP contribution is -2.18. The Bertz CT molecular complexity index is 129. The van der Waals surface area contributed by atoms with Crippen molar-refractivity contribution in [2.24, 2.45) is 11.1 Å². The molecule has 0 atom stereocenters. The standard InChI is InChI=1S/C6H11NO2/c7-4-3-6(1-2-6)5(8)9/h1-4,7H2,(H,8,9). The molecule has 0 bridgehead atoms. The smallest absolute Gasteiger partial charge is 0.309 e. The summed E-state index contributed by atoms with van der Waals surface area (Å²) in [7, 11) is 0. The van der Waals surface area contributed by atoms with Gasteiger partial charge in [0.1, 0.15) is 0 Å². The number of aliphatic carboxylic acids is 1. The molecule has 0 aromatic carbocycles. The van der Waals surface area contributed by atoms with Crippen LogP contribution in [-0.2, 0) is 4.79 Å². The van der Waals surface area contributed by atoms with Gasteiger partial charge < -0.3 is 10.8 Å². The third-order valence-corrected chi connectivity index (χ3v) is 1.93. The molecule has 1 fully saturated rings. The molecule has 0 heterocycles. The van der Waals surface area contributed by atoms with E-state index in [0.717, 1.165) is 12.8 Å². The summed E-state index contributed by atoms with van der Waals surface area (Å²) in [6, 6.07) is 0. The molecule has 0 aromatic heterocycles. The summed E-state index contributed by atoms with van der Waals surface area (Å²) in [6.45, 7) is 0.492. The fraction of sp³-hybridized carbons (Fsp3) is 0.833. The molecule has 3 nitrogen and oxygen atoms in total. The minimum atomic E-state index is -0.673. The molecule has 0 saturated heterocycles. The zero-order chi connectivity index (χ0) is 6.91. The van der Waals surface area contributed by atoms with Gasteiger partial charge in [0.05, 0.1) is 5.41 Å². The normalized spacial score (nSPS) is 21.4. The second-order valence-corrected chi connectivity index (χ2v) is 2.62. The van der Waals surface area contributed by atoms with Crippen molar-refractivity contribution in [2.45, 2.75) is 19.3 Å². The van der Waals surface area contributed by atoms with E-state index < -0.39 is 11.4 Å². The molecule has 0 spiro atoms. The van der Waals surface area contributed by atoms with E-state index in [1.165, 1.54) is 0 Å². The number of hydrogen-bond acceptors (Lipinski definition) is 2. The Morgan fingerprint density at radius 1 is 1.67 bits per heavy atom. The molecule has 3 heteroatoms. The van der Waals surface area contributed by atoms with Gasteiger partial charge in [-0.3, -0.25) is 4.79 Å². The topological polar surface area (TPSA) is 63.3 Å². The van der Waals surface area contributed by atoms with Crippen molar-refractivity contribution in [2.75, 3.05) is 6.54 Å². The van der Waals surface area contributed by atoms with Crippen LogP contribution < -0.4 is 5.73 Å². The van der Waals surface area contributed by atoms with E-state index in [9.17, 15) is 4.79 Å². The zero-order valence-corrected chi connectivity index (χ0v) is 5.26. The summed E-state index contributed by atoms with van der Waals surface area (Å²) in [5, 5.41) is 8.58. The lowest BCUT2D eigenvalue weighted by atomic mass is 10.0. The summed E-state index contributed by atoms with van der Waals surface area (Å²) >= 11 is 0. The van der Waals surface area contributed by atoms with Crippen LogP contribution in [0.4, 0.5) is 0 Å². The number of hydrogen-bond donors (Lipinski definition) is 2. The Morgan fingerprint density at radius 3 is 2.33 bits per heavy atom. The zero-order valence-electron chi connectivity index (χ0n) is 5.26. The first kappa shape index (κ1) is 6.55. The van der Waals surface area contributed by atoms with Gasteiger partial charge in [0.15, 0.2) is 0 Å². The number of carboxylic acids is 1. The fourth-order valence-electron chi connectivity index (χ4n) is 0.998. The third-order valence-electron chi connectivity index (χ3n) is 1.93. The van der Waals surface area contributed by atoms with Crippen LogP contribution in [0, 0.1) is 5.41 Å². The molecule has 9 heavy (non-hydrogen) atoms. The maximum atomic E-state index is 10.4. The first-order chi connectivity index (χ1) is 4.21. The summed E-state index contributed by atoms with van der Waals surface area (Å²) in [5.41, 5.74) is 4.82. The summed E-state index contributed by atoms with van der Waals surface area (Å²) in [6.07, 6.45) is 2.28. The van der Waals surface area contributed by atoms with Gasteiger partial charge in [0.2, 0.25) is 0 Å². The van der Waals surface area contributed by atoms with Crippen molar-refractivity contribution in [3.63, 3.8) is 0 Å². The van der Waals surface area contributed by atoms with Crippen molar-refractivity contribution < 1.29 is 9.90 Å². The Kier molecular flexibility index (Phi) is 1.45. The maximum absolute atomic E-state index is 10.4. The van der Waals surface area contributed by atoms with Crippen molar-refractivity contribution in [1.82, 2.24) is 0 Å². The van der Waals surface area contributed by atoms with Crippen LogP contribution in [0.15, 0.2) is 0 Å². The van der Waals surface area contributed by atoms with E-state index >= 15 is 0 Å². The Hall–Kier alpha value is -0.570. The first-order valence-electron chi connectivity index (χ1n) is 3.15. The average Bonchev–Trinajstić information content (AvgIpc) is 2.49. The highest BCUT2D eigenvalue weighted by Gasteiger charge is 2.49. The molecular formula is C6H11NO2. The van der Waals surface area contributed by atoms with Crippen LogP contribution in [0.5, 0.6) is 0 Å². The Morgan fingerprint density at radius 2 is 2.22 bits per heavy atom. The average molecular weight is 129 g/mol. The SMILES string of the molecule is NCCC1(C(=O)O)CC1. The molecule has 1 aliphatic rings. The summed E-state index contributed by atoms with van der Waals surface area (Å²) < 4.78 is 0. The predicted octanol–water partition coefficient (Wildman–Crippen LogP) is 0.200. The van der Waals surface area contributed by atoms with Gasteiger partial charge in [-0.15, -0.1) is 0 Å². The molecule has 1 rings (SSSR count). The third kappa shape index (κ3) is 1.05. The van der Waals surface area contributed by atoms with Crippen molar-refractivity contribution >= 4 is 5.97 Å². The van der Waals surface area contributed by atoms with Gasteiger partial charge in [0.25, 0.3) is 0 Å². The van der Waals surface area contributed by atoms with Crippen LogP contribution in [0.1, 0.15) is 19.3 Å². The van der Waals surface area contributed by atoms with Gasteiger partial charge in [-0.1, -0.05) is 0 Å². The van der Waals surface area contributed by atoms with Crippen molar-refractivity contribution in [1.29, 1.82) is 0 Å². The number of nitrogens with two attached hydrogens (primary N) is 1. The van der Waals surface area contributed by atoms with Crippen LogP contribution in [0.25, 0.3) is 0 Å². The molecule has 3 N–H and O–H groups in total. The van der Waals surface area contributed by atoms with Crippen LogP contribution in [-0.4, -0.2) is 17.6 Å². The van der Waals surface area contributed by atoms with Gasteiger partial charge >= 0.3 is 5.97 Å². The van der Waals surface area contributed by atoms with Crippen LogP contribution in [0.3, 0.4) is 0 Å². The predicted molar refractivity (Wildman–Crippen MR) is 33.0 cm³/mol. The Labute approximate surface area is 53.9 Å². The molecule has 0 aliphatic heterocycles. The second kappa shape index (κ2) is 1.99. The number of carbonyl (C=O) groups is 1. The highest BCUT2D eigenvalue weighted by atomic mass is 16.4. The fourth-order valence-corrected chi connectivity index (χ4v) is 0.998. The van der Waals surface area contributed by atoms with Gasteiger partial charge in [0, 0.05) is 0 Å². The van der Waals surface area contributed by atoms with Gasteiger partial charge in [-0.05, 0) is 25.8 Å². The summed E-state index contributed by atoms with van der Waals surface area (Å²) in [5.74, 6) is -0.673. The lowest BCUT2D eigenvalue weighted by molar-refractivity contribution is -0.143. The number of rotatable bonds is 3. The van der Waals surface area contributed by atoms with Crippen LogP contribution in [0.2, 0.25) is 0 Å². The minimum Gasteiger partial charge on any atom is -0.481 e. The van der Waals surface area contributed by atoms with E-state index in [2.05, 4.69) is 0 Å². The van der Waals surface area contributed by atoms with E-state index in [1.807, 2.05) is 0 Å². The minimum absolute atomic E-state index is 0.408. The lowest BCUT2D eigenvalue weighted by Gasteiger charge is -2.04. The van der Waals surface area contributed by atoms with Gasteiger partial charge in [-0.25, -0.2) is 0 Å². The molecule has 0 radical (unpaired) electrons. The first-order valence-corrected chi connectivity index (χ1v) is 3.15. The maximum Gasteiger partial charge on any atom is 0.309 e. The quantitative estimate of drug-likeness (QED) is 0.572. The second-order valence-electron chi connectivity index (χ2n) is 2.62. The van der Waals surface area contributed by atoms with E-state index in [-0.39, 0.29) is 0 Å². The molecule has 52 valence electrons. The monoisotopic (exact) mass is 129 g/mol. The van der Waals surface area contributed by atoms with E-state index in [4.69, 9.17) is 10.8 Å². The molecule has 1 aliphatic carbocycles. The van der Waals surface area contributed by atoms with Gasteiger partial charge in [-0.2, -0.15) is 0 Å². The molecule has 0 aromatic rings. The molecule has 0 amide bonds. The highest BCUT2D eigenvalue weighted by molar-refractivity contribution is 5.77. The molecular weight excluding hydrogens is 118 g/mol. The van der Waals surface area contributed by atoms with E-state index in [0.29, 0.717) is 13.0 Å². The number of carboxylic acid groups (broad SMARTS) is 1. The van der Waals surface area contributed by atoms with Crippen molar-refractivity contribution in [3.05, 3.63) is 0 Å².